The lowest BCUT2D eigenvalue weighted by Crippen LogP contribution is -2.22. The molecule has 0 aliphatic carbocycles. The zero-order chi connectivity index (χ0) is 15.1. The van der Waals surface area contributed by atoms with Crippen LogP contribution in [0.15, 0.2) is 48.5 Å². The molecule has 1 amide bonds. The molecule has 2 aromatic rings. The van der Waals surface area contributed by atoms with Crippen molar-refractivity contribution in [2.24, 2.45) is 0 Å². The molecule has 0 atom stereocenters. The second kappa shape index (κ2) is 7.49. The molecule has 0 saturated carbocycles. The van der Waals surface area contributed by atoms with Crippen LogP contribution in [0.2, 0.25) is 5.02 Å². The Morgan fingerprint density at radius 3 is 2.38 bits per heavy atom. The molecular formula is C17H14ClNO2. The largest absolute Gasteiger partial charge is 0.384 e. The summed E-state index contributed by atoms with van der Waals surface area (Å²) < 4.78 is 0. The summed E-state index contributed by atoms with van der Waals surface area (Å²) in [6, 6.07) is 14.2. The van der Waals surface area contributed by atoms with E-state index in [9.17, 15) is 4.79 Å². The molecule has 4 heteroatoms. The monoisotopic (exact) mass is 299 g/mol. The van der Waals surface area contributed by atoms with Gasteiger partial charge in [-0.25, -0.2) is 0 Å². The molecule has 0 heterocycles. The molecule has 2 rings (SSSR count). The van der Waals surface area contributed by atoms with Crippen molar-refractivity contribution in [2.75, 3.05) is 6.61 Å². The number of rotatable bonds is 3. The summed E-state index contributed by atoms with van der Waals surface area (Å²) in [5.74, 6) is 5.26. The summed E-state index contributed by atoms with van der Waals surface area (Å²) in [7, 11) is 0. The minimum absolute atomic E-state index is 0.143. The highest BCUT2D eigenvalue weighted by Crippen LogP contribution is 2.10. The summed E-state index contributed by atoms with van der Waals surface area (Å²) in [6.45, 7) is 0.286. The lowest BCUT2D eigenvalue weighted by Gasteiger charge is -2.05. The molecule has 0 fully saturated rings. The summed E-state index contributed by atoms with van der Waals surface area (Å²) in [6.07, 6.45) is 0. The van der Waals surface area contributed by atoms with Gasteiger partial charge in [-0.3, -0.25) is 4.79 Å². The quantitative estimate of drug-likeness (QED) is 0.856. The molecule has 0 saturated heterocycles. The van der Waals surface area contributed by atoms with E-state index in [0.29, 0.717) is 17.1 Å². The molecule has 0 aromatic heterocycles. The molecule has 0 unspecified atom stereocenters. The number of hydrogen-bond donors (Lipinski definition) is 2. The Labute approximate surface area is 128 Å². The van der Waals surface area contributed by atoms with E-state index in [-0.39, 0.29) is 12.5 Å². The van der Waals surface area contributed by atoms with Crippen LogP contribution in [0, 0.1) is 11.8 Å². The van der Waals surface area contributed by atoms with Gasteiger partial charge < -0.3 is 10.4 Å². The van der Waals surface area contributed by atoms with E-state index in [4.69, 9.17) is 16.7 Å². The second-order valence-electron chi connectivity index (χ2n) is 4.35. The van der Waals surface area contributed by atoms with Crippen molar-refractivity contribution in [1.82, 2.24) is 5.32 Å². The third-order valence-electron chi connectivity index (χ3n) is 2.83. The van der Waals surface area contributed by atoms with Crippen molar-refractivity contribution >= 4 is 17.5 Å². The summed E-state index contributed by atoms with van der Waals surface area (Å²) in [5.41, 5.74) is 2.38. The number of aliphatic hydroxyl groups excluding tert-OH is 1. The number of aliphatic hydroxyl groups is 1. The van der Waals surface area contributed by atoms with Crippen LogP contribution in [0.5, 0.6) is 0 Å². The zero-order valence-electron chi connectivity index (χ0n) is 11.3. The maximum Gasteiger partial charge on any atom is 0.251 e. The van der Waals surface area contributed by atoms with Gasteiger partial charge in [0.2, 0.25) is 0 Å². The van der Waals surface area contributed by atoms with Crippen molar-refractivity contribution in [3.63, 3.8) is 0 Å². The van der Waals surface area contributed by atoms with E-state index in [0.717, 1.165) is 11.1 Å². The highest BCUT2D eigenvalue weighted by Gasteiger charge is 2.04. The van der Waals surface area contributed by atoms with E-state index in [2.05, 4.69) is 17.2 Å². The van der Waals surface area contributed by atoms with Crippen LogP contribution in [0.3, 0.4) is 0 Å². The van der Waals surface area contributed by atoms with E-state index in [1.54, 1.807) is 24.3 Å². The van der Waals surface area contributed by atoms with Gasteiger partial charge in [-0.05, 0) is 42.0 Å². The molecule has 106 valence electrons. The van der Waals surface area contributed by atoms with Crippen molar-refractivity contribution in [3.8, 4) is 11.8 Å². The van der Waals surface area contributed by atoms with E-state index in [1.807, 2.05) is 24.3 Å². The van der Waals surface area contributed by atoms with Gasteiger partial charge >= 0.3 is 0 Å². The van der Waals surface area contributed by atoms with Gasteiger partial charge in [-0.15, -0.1) is 0 Å². The summed E-state index contributed by atoms with van der Waals surface area (Å²) >= 11 is 5.78. The van der Waals surface area contributed by atoms with E-state index < -0.39 is 0 Å². The van der Waals surface area contributed by atoms with Gasteiger partial charge in [0, 0.05) is 22.7 Å². The van der Waals surface area contributed by atoms with Gasteiger partial charge in [0.25, 0.3) is 5.91 Å². The highest BCUT2D eigenvalue weighted by atomic mass is 35.5. The van der Waals surface area contributed by atoms with Crippen LogP contribution in [-0.2, 0) is 6.54 Å². The molecule has 0 radical (unpaired) electrons. The Bertz CT molecular complexity index is 667. The molecule has 0 aliphatic heterocycles. The summed E-state index contributed by atoms with van der Waals surface area (Å²) in [4.78, 5) is 11.9. The fraction of sp³-hybridized carbons (Fsp3) is 0.118. The van der Waals surface area contributed by atoms with E-state index >= 15 is 0 Å². The maximum absolute atomic E-state index is 11.9. The lowest BCUT2D eigenvalue weighted by atomic mass is 10.1. The SMILES string of the molecule is O=C(NCc1ccc(C#CCO)cc1)c1ccc(Cl)cc1. The number of benzene rings is 2. The second-order valence-corrected chi connectivity index (χ2v) is 4.78. The lowest BCUT2D eigenvalue weighted by molar-refractivity contribution is 0.0951. The van der Waals surface area contributed by atoms with Crippen LogP contribution in [0.4, 0.5) is 0 Å². The first kappa shape index (κ1) is 15.1. The number of hydrogen-bond acceptors (Lipinski definition) is 2. The predicted molar refractivity (Wildman–Crippen MR) is 83.0 cm³/mol. The Morgan fingerprint density at radius 1 is 1.10 bits per heavy atom. The third kappa shape index (κ3) is 4.64. The number of nitrogens with one attached hydrogen (secondary N) is 1. The molecule has 0 bridgehead atoms. The van der Waals surface area contributed by atoms with Crippen LogP contribution >= 0.6 is 11.6 Å². The first-order chi connectivity index (χ1) is 10.2. The average molecular weight is 300 g/mol. The van der Waals surface area contributed by atoms with Crippen molar-refractivity contribution in [1.29, 1.82) is 0 Å². The van der Waals surface area contributed by atoms with Crippen LogP contribution < -0.4 is 5.32 Å². The fourth-order valence-electron chi connectivity index (χ4n) is 1.73. The Balaban J connectivity index is 1.93. The molecule has 0 aliphatic rings. The first-order valence-electron chi connectivity index (χ1n) is 6.41. The fourth-order valence-corrected chi connectivity index (χ4v) is 1.86. The smallest absolute Gasteiger partial charge is 0.251 e. The Morgan fingerprint density at radius 2 is 1.76 bits per heavy atom. The van der Waals surface area contributed by atoms with Crippen molar-refractivity contribution in [3.05, 3.63) is 70.2 Å². The minimum atomic E-state index is -0.154. The van der Waals surface area contributed by atoms with Gasteiger partial charge in [-0.1, -0.05) is 35.6 Å². The maximum atomic E-state index is 11.9. The Kier molecular flexibility index (Phi) is 5.39. The van der Waals surface area contributed by atoms with Gasteiger partial charge in [0.05, 0.1) is 0 Å². The zero-order valence-corrected chi connectivity index (χ0v) is 12.0. The Hall–Kier alpha value is -2.28. The molecule has 3 nitrogen and oxygen atoms in total. The van der Waals surface area contributed by atoms with Crippen LogP contribution in [-0.4, -0.2) is 17.6 Å². The van der Waals surface area contributed by atoms with Crippen LogP contribution in [0.1, 0.15) is 21.5 Å². The normalized spacial score (nSPS) is 9.62. The highest BCUT2D eigenvalue weighted by molar-refractivity contribution is 6.30. The third-order valence-corrected chi connectivity index (χ3v) is 3.08. The number of carbonyl (C=O) groups excluding carboxylic acids is 1. The summed E-state index contributed by atoms with van der Waals surface area (Å²) in [5, 5.41) is 12.1. The standard InChI is InChI=1S/C17H14ClNO2/c18-16-9-7-15(8-10-16)17(21)19-12-14-5-3-13(4-6-14)2-1-11-20/h3-10,20H,11-12H2,(H,19,21). The number of amides is 1. The van der Waals surface area contributed by atoms with Gasteiger partial charge in [0.15, 0.2) is 0 Å². The molecule has 2 N–H and O–H groups in total. The molecule has 0 spiro atoms. The predicted octanol–water partition coefficient (Wildman–Crippen LogP) is 2.61. The van der Waals surface area contributed by atoms with Gasteiger partial charge in [0.1, 0.15) is 6.61 Å². The van der Waals surface area contributed by atoms with Crippen molar-refractivity contribution < 1.29 is 9.90 Å². The number of carbonyl (C=O) groups is 1. The molecule has 2 aromatic carbocycles. The first-order valence-corrected chi connectivity index (χ1v) is 6.79. The van der Waals surface area contributed by atoms with Crippen LogP contribution in [0.25, 0.3) is 0 Å². The minimum Gasteiger partial charge on any atom is -0.384 e. The van der Waals surface area contributed by atoms with E-state index in [1.165, 1.54) is 0 Å². The van der Waals surface area contributed by atoms with Crippen molar-refractivity contribution in [2.45, 2.75) is 6.54 Å². The topological polar surface area (TPSA) is 49.3 Å². The molecule has 21 heavy (non-hydrogen) atoms. The number of halogens is 1. The van der Waals surface area contributed by atoms with Gasteiger partial charge in [-0.2, -0.15) is 0 Å². The molecular weight excluding hydrogens is 286 g/mol. The average Bonchev–Trinajstić information content (AvgIpc) is 2.52.